The van der Waals surface area contributed by atoms with Gasteiger partial charge in [0.05, 0.1) is 17.6 Å². The van der Waals surface area contributed by atoms with Gasteiger partial charge in [0.25, 0.3) is 5.91 Å². The predicted octanol–water partition coefficient (Wildman–Crippen LogP) is 5.36. The number of nitrogens with zero attached hydrogens (tertiary/aromatic N) is 2. The quantitative estimate of drug-likeness (QED) is 0.395. The molecule has 0 aliphatic rings. The van der Waals surface area contributed by atoms with Gasteiger partial charge >= 0.3 is 0 Å². The van der Waals surface area contributed by atoms with Crippen LogP contribution in [0.4, 0.5) is 0 Å². The Bertz CT molecular complexity index is 1250. The monoisotopic (exact) mass is 447 g/mol. The Morgan fingerprint density at radius 2 is 1.88 bits per heavy atom. The molecule has 0 aliphatic heterocycles. The first kappa shape index (κ1) is 21.9. The van der Waals surface area contributed by atoms with Crippen LogP contribution in [0.1, 0.15) is 27.3 Å². The fourth-order valence-electron chi connectivity index (χ4n) is 3.64. The molecule has 0 radical (unpaired) electrons. The number of carbonyl (C=O) groups is 1. The zero-order valence-electron chi connectivity index (χ0n) is 18.3. The third-order valence-corrected chi connectivity index (χ3v) is 5.75. The minimum atomic E-state index is -0.145. The van der Waals surface area contributed by atoms with Crippen molar-refractivity contribution in [1.82, 2.24) is 14.9 Å². The molecule has 6 heteroatoms. The highest BCUT2D eigenvalue weighted by atomic mass is 35.5. The van der Waals surface area contributed by atoms with E-state index in [0.717, 1.165) is 22.6 Å². The van der Waals surface area contributed by atoms with Crippen molar-refractivity contribution in [2.75, 3.05) is 13.2 Å². The molecule has 0 saturated heterocycles. The van der Waals surface area contributed by atoms with Gasteiger partial charge < -0.3 is 14.6 Å². The summed E-state index contributed by atoms with van der Waals surface area (Å²) in [5.74, 6) is 1.64. The SMILES string of the molecule is Cc1ccc(OCCn2c(CCNC(=O)c3cccc(Cl)c3)nc3ccccc32)cc1C. The first-order valence-electron chi connectivity index (χ1n) is 10.7. The lowest BCUT2D eigenvalue weighted by atomic mass is 10.1. The maximum absolute atomic E-state index is 12.4. The number of aromatic nitrogens is 2. The molecular formula is C26H26ClN3O2. The van der Waals surface area contributed by atoms with Gasteiger partial charge in [0.1, 0.15) is 18.2 Å². The molecule has 164 valence electrons. The number of imidazole rings is 1. The fourth-order valence-corrected chi connectivity index (χ4v) is 3.83. The first-order chi connectivity index (χ1) is 15.5. The van der Waals surface area contributed by atoms with Crippen LogP contribution in [-0.4, -0.2) is 28.6 Å². The highest BCUT2D eigenvalue weighted by Crippen LogP contribution is 2.19. The van der Waals surface area contributed by atoms with Crippen molar-refractivity contribution in [2.45, 2.75) is 26.8 Å². The molecule has 0 spiro atoms. The molecule has 0 saturated carbocycles. The molecule has 0 fully saturated rings. The van der Waals surface area contributed by atoms with Crippen LogP contribution in [-0.2, 0) is 13.0 Å². The second kappa shape index (κ2) is 9.88. The molecule has 1 aromatic heterocycles. The summed E-state index contributed by atoms with van der Waals surface area (Å²) >= 11 is 5.99. The summed E-state index contributed by atoms with van der Waals surface area (Å²) in [5.41, 5.74) is 5.02. The van der Waals surface area contributed by atoms with E-state index in [2.05, 4.69) is 41.9 Å². The van der Waals surface area contributed by atoms with Crippen molar-refractivity contribution in [1.29, 1.82) is 0 Å². The van der Waals surface area contributed by atoms with Gasteiger partial charge in [-0.2, -0.15) is 0 Å². The largest absolute Gasteiger partial charge is 0.492 e. The highest BCUT2D eigenvalue weighted by Gasteiger charge is 2.12. The lowest BCUT2D eigenvalue weighted by Gasteiger charge is -2.12. The lowest BCUT2D eigenvalue weighted by molar-refractivity contribution is 0.0954. The number of para-hydroxylation sites is 2. The van der Waals surface area contributed by atoms with E-state index in [1.54, 1.807) is 24.3 Å². The first-order valence-corrected chi connectivity index (χ1v) is 11.1. The maximum Gasteiger partial charge on any atom is 0.251 e. The number of hydrogen-bond donors (Lipinski definition) is 1. The molecule has 4 aromatic rings. The van der Waals surface area contributed by atoms with Crippen LogP contribution in [0.2, 0.25) is 5.02 Å². The van der Waals surface area contributed by atoms with E-state index in [-0.39, 0.29) is 5.91 Å². The van der Waals surface area contributed by atoms with Crippen LogP contribution >= 0.6 is 11.6 Å². The van der Waals surface area contributed by atoms with E-state index >= 15 is 0 Å². The summed E-state index contributed by atoms with van der Waals surface area (Å²) in [4.78, 5) is 17.2. The summed E-state index contributed by atoms with van der Waals surface area (Å²) in [6.07, 6.45) is 0.616. The van der Waals surface area contributed by atoms with E-state index in [9.17, 15) is 4.79 Å². The number of nitrogens with one attached hydrogen (secondary N) is 1. The number of amides is 1. The van der Waals surface area contributed by atoms with E-state index in [1.807, 2.05) is 24.3 Å². The summed E-state index contributed by atoms with van der Waals surface area (Å²) in [6.45, 7) is 5.86. The normalized spacial score (nSPS) is 11.0. The van der Waals surface area contributed by atoms with Crippen molar-refractivity contribution in [3.63, 3.8) is 0 Å². The molecule has 5 nitrogen and oxygen atoms in total. The van der Waals surface area contributed by atoms with Crippen molar-refractivity contribution < 1.29 is 9.53 Å². The maximum atomic E-state index is 12.4. The second-order valence-electron chi connectivity index (χ2n) is 7.78. The second-order valence-corrected chi connectivity index (χ2v) is 8.22. The molecule has 1 heterocycles. The summed E-state index contributed by atoms with van der Waals surface area (Å²) in [7, 11) is 0. The Kier molecular flexibility index (Phi) is 6.76. The summed E-state index contributed by atoms with van der Waals surface area (Å²) in [6, 6.07) is 21.1. The van der Waals surface area contributed by atoms with Crippen LogP contribution < -0.4 is 10.1 Å². The highest BCUT2D eigenvalue weighted by molar-refractivity contribution is 6.30. The van der Waals surface area contributed by atoms with E-state index < -0.39 is 0 Å². The number of rotatable bonds is 8. The smallest absolute Gasteiger partial charge is 0.251 e. The van der Waals surface area contributed by atoms with Gasteiger partial charge in [0.2, 0.25) is 0 Å². The number of fused-ring (bicyclic) bond motifs is 1. The molecule has 4 rings (SSSR count). The molecule has 32 heavy (non-hydrogen) atoms. The Hall–Kier alpha value is -3.31. The number of hydrogen-bond acceptors (Lipinski definition) is 3. The van der Waals surface area contributed by atoms with Gasteiger partial charge in [-0.05, 0) is 67.4 Å². The van der Waals surface area contributed by atoms with Crippen molar-refractivity contribution in [3.8, 4) is 5.75 Å². The van der Waals surface area contributed by atoms with Crippen molar-refractivity contribution >= 4 is 28.5 Å². The minimum Gasteiger partial charge on any atom is -0.492 e. The Morgan fingerprint density at radius 3 is 2.69 bits per heavy atom. The van der Waals surface area contributed by atoms with Gasteiger partial charge in [0.15, 0.2) is 0 Å². The zero-order valence-corrected chi connectivity index (χ0v) is 19.0. The molecular weight excluding hydrogens is 422 g/mol. The Labute approximate surface area is 193 Å². The van der Waals surface area contributed by atoms with E-state index in [4.69, 9.17) is 21.3 Å². The van der Waals surface area contributed by atoms with Crippen LogP contribution in [0.15, 0.2) is 66.7 Å². The summed E-state index contributed by atoms with van der Waals surface area (Å²) in [5, 5.41) is 3.50. The predicted molar refractivity (Wildman–Crippen MR) is 129 cm³/mol. The number of aryl methyl sites for hydroxylation is 2. The molecule has 3 aromatic carbocycles. The van der Waals surface area contributed by atoms with Crippen molar-refractivity contribution in [2.24, 2.45) is 0 Å². The number of benzene rings is 3. The van der Waals surface area contributed by atoms with Crippen LogP contribution in [0.3, 0.4) is 0 Å². The Balaban J connectivity index is 1.42. The molecule has 1 N–H and O–H groups in total. The van der Waals surface area contributed by atoms with Crippen LogP contribution in [0.25, 0.3) is 11.0 Å². The molecule has 1 amide bonds. The number of halogens is 1. The van der Waals surface area contributed by atoms with E-state index in [0.29, 0.717) is 36.7 Å². The minimum absolute atomic E-state index is 0.145. The van der Waals surface area contributed by atoms with Crippen LogP contribution in [0.5, 0.6) is 5.75 Å². The average molecular weight is 448 g/mol. The van der Waals surface area contributed by atoms with Gasteiger partial charge in [-0.15, -0.1) is 0 Å². The fraction of sp³-hybridized carbons (Fsp3) is 0.231. The number of ether oxygens (including phenoxy) is 1. The van der Waals surface area contributed by atoms with Crippen molar-refractivity contribution in [3.05, 3.63) is 94.3 Å². The lowest BCUT2D eigenvalue weighted by Crippen LogP contribution is -2.26. The number of carbonyl (C=O) groups excluding carboxylic acids is 1. The topological polar surface area (TPSA) is 56.1 Å². The van der Waals surface area contributed by atoms with Gasteiger partial charge in [0, 0.05) is 23.6 Å². The van der Waals surface area contributed by atoms with E-state index in [1.165, 1.54) is 11.1 Å². The zero-order chi connectivity index (χ0) is 22.5. The third-order valence-electron chi connectivity index (χ3n) is 5.52. The molecule has 0 aliphatic carbocycles. The third kappa shape index (κ3) is 5.11. The van der Waals surface area contributed by atoms with Gasteiger partial charge in [-0.1, -0.05) is 35.9 Å². The molecule has 0 atom stereocenters. The van der Waals surface area contributed by atoms with Gasteiger partial charge in [-0.25, -0.2) is 4.98 Å². The Morgan fingerprint density at radius 1 is 1.03 bits per heavy atom. The standard InChI is InChI=1S/C26H26ClN3O2/c1-18-10-11-22(16-19(18)2)32-15-14-30-24-9-4-3-8-23(24)29-25(30)12-13-28-26(31)20-6-5-7-21(27)17-20/h3-11,16-17H,12-15H2,1-2H3,(H,28,31). The molecule has 0 unspecified atom stereocenters. The van der Waals surface area contributed by atoms with Crippen LogP contribution in [0, 0.1) is 13.8 Å². The average Bonchev–Trinajstić information content (AvgIpc) is 3.13. The molecule has 0 bridgehead atoms. The summed E-state index contributed by atoms with van der Waals surface area (Å²) < 4.78 is 8.17. The van der Waals surface area contributed by atoms with Gasteiger partial charge in [-0.3, -0.25) is 4.79 Å².